The summed E-state index contributed by atoms with van der Waals surface area (Å²) >= 11 is 0. The smallest absolute Gasteiger partial charge is 0.326 e. The molecule has 0 aromatic carbocycles. The number of halogens is 3. The summed E-state index contributed by atoms with van der Waals surface area (Å²) in [7, 11) is 0. The van der Waals surface area contributed by atoms with Crippen LogP contribution in [0.4, 0.5) is 13.2 Å². The van der Waals surface area contributed by atoms with Crippen LogP contribution < -0.4 is 5.73 Å². The molecule has 0 bridgehead atoms. The van der Waals surface area contributed by atoms with Crippen molar-refractivity contribution in [1.29, 1.82) is 0 Å². The summed E-state index contributed by atoms with van der Waals surface area (Å²) in [6.45, 7) is 0.362. The molecule has 0 aliphatic heterocycles. The minimum absolute atomic E-state index is 0.0986. The van der Waals surface area contributed by atoms with E-state index in [0.717, 1.165) is 25.2 Å². The van der Waals surface area contributed by atoms with Crippen LogP contribution in [0.2, 0.25) is 0 Å². The van der Waals surface area contributed by atoms with E-state index >= 15 is 0 Å². The molecule has 1 saturated carbocycles. The molecule has 1 aromatic rings. The van der Waals surface area contributed by atoms with E-state index in [4.69, 9.17) is 5.73 Å². The Hall–Kier alpha value is -1.04. The summed E-state index contributed by atoms with van der Waals surface area (Å²) in [5.41, 5.74) is 5.28. The highest BCUT2D eigenvalue weighted by Crippen LogP contribution is 2.29. The molecular formula is C11H16F3N3. The van der Waals surface area contributed by atoms with Gasteiger partial charge >= 0.3 is 6.18 Å². The third kappa shape index (κ3) is 3.00. The van der Waals surface area contributed by atoms with Crippen LogP contribution >= 0.6 is 0 Å². The molecule has 1 aromatic heterocycles. The predicted molar refractivity (Wildman–Crippen MR) is 57.2 cm³/mol. The van der Waals surface area contributed by atoms with Gasteiger partial charge in [0.15, 0.2) is 0 Å². The molecule has 1 aliphatic carbocycles. The third-order valence-corrected chi connectivity index (χ3v) is 3.36. The van der Waals surface area contributed by atoms with Gasteiger partial charge in [-0.15, -0.1) is 0 Å². The van der Waals surface area contributed by atoms with Gasteiger partial charge < -0.3 is 5.73 Å². The molecule has 96 valence electrons. The van der Waals surface area contributed by atoms with E-state index in [1.165, 1.54) is 17.5 Å². The van der Waals surface area contributed by atoms with E-state index in [1.807, 2.05) is 0 Å². The van der Waals surface area contributed by atoms with Crippen molar-refractivity contribution in [2.45, 2.75) is 44.4 Å². The lowest BCUT2D eigenvalue weighted by Gasteiger charge is -2.18. The van der Waals surface area contributed by atoms with Crippen molar-refractivity contribution in [3.63, 3.8) is 0 Å². The Morgan fingerprint density at radius 2 is 2.06 bits per heavy atom. The zero-order valence-electron chi connectivity index (χ0n) is 9.45. The van der Waals surface area contributed by atoms with Gasteiger partial charge in [-0.1, -0.05) is 12.8 Å². The zero-order chi connectivity index (χ0) is 12.5. The molecule has 6 heteroatoms. The standard InChI is InChI=1S/C11H16F3N3/c12-11(13,14)9-5-16-17(6-9)7-10(15)8-3-1-2-4-8/h5-6,8,10H,1-4,7,15H2. The predicted octanol–water partition coefficient (Wildman–Crippen LogP) is 2.42. The normalized spacial score (nSPS) is 19.8. The Morgan fingerprint density at radius 1 is 1.41 bits per heavy atom. The molecule has 17 heavy (non-hydrogen) atoms. The monoisotopic (exact) mass is 247 g/mol. The van der Waals surface area contributed by atoms with Gasteiger partial charge in [0.1, 0.15) is 0 Å². The zero-order valence-corrected chi connectivity index (χ0v) is 9.45. The van der Waals surface area contributed by atoms with Gasteiger partial charge in [-0.25, -0.2) is 0 Å². The first-order valence-corrected chi connectivity index (χ1v) is 5.82. The Labute approximate surface area is 97.8 Å². The van der Waals surface area contributed by atoms with Gasteiger partial charge in [0, 0.05) is 12.2 Å². The second-order valence-corrected chi connectivity index (χ2v) is 4.66. The highest BCUT2D eigenvalue weighted by molar-refractivity contribution is 5.08. The van der Waals surface area contributed by atoms with Crippen molar-refractivity contribution >= 4 is 0 Å². The lowest BCUT2D eigenvalue weighted by molar-refractivity contribution is -0.137. The van der Waals surface area contributed by atoms with Gasteiger partial charge in [-0.05, 0) is 18.8 Å². The van der Waals surface area contributed by atoms with Crippen molar-refractivity contribution in [1.82, 2.24) is 9.78 Å². The van der Waals surface area contributed by atoms with E-state index in [-0.39, 0.29) is 6.04 Å². The maximum Gasteiger partial charge on any atom is 0.419 e. The highest BCUT2D eigenvalue weighted by atomic mass is 19.4. The average molecular weight is 247 g/mol. The van der Waals surface area contributed by atoms with Crippen molar-refractivity contribution in [2.24, 2.45) is 11.7 Å². The Morgan fingerprint density at radius 3 is 2.59 bits per heavy atom. The molecule has 1 unspecified atom stereocenters. The fourth-order valence-corrected chi connectivity index (χ4v) is 2.36. The molecule has 1 fully saturated rings. The Bertz CT molecular complexity index is 366. The SMILES string of the molecule is NC(Cn1cc(C(F)(F)F)cn1)C1CCCC1. The van der Waals surface area contributed by atoms with E-state index in [1.54, 1.807) is 0 Å². The molecule has 0 radical (unpaired) electrons. The number of rotatable bonds is 3. The summed E-state index contributed by atoms with van der Waals surface area (Å²) in [4.78, 5) is 0. The number of aromatic nitrogens is 2. The first-order valence-electron chi connectivity index (χ1n) is 5.82. The van der Waals surface area contributed by atoms with Crippen LogP contribution in [0.5, 0.6) is 0 Å². The van der Waals surface area contributed by atoms with Gasteiger partial charge in [-0.3, -0.25) is 4.68 Å². The first kappa shape index (κ1) is 12.4. The van der Waals surface area contributed by atoms with E-state index in [0.29, 0.717) is 12.5 Å². The van der Waals surface area contributed by atoms with Crippen molar-refractivity contribution in [3.8, 4) is 0 Å². The molecule has 2 rings (SSSR count). The summed E-state index contributed by atoms with van der Waals surface area (Å²) in [5.74, 6) is 0.425. The highest BCUT2D eigenvalue weighted by Gasteiger charge is 2.32. The summed E-state index contributed by atoms with van der Waals surface area (Å²) in [6.07, 6.45) is 2.05. The van der Waals surface area contributed by atoms with Crippen LogP contribution in [0.3, 0.4) is 0 Å². The second-order valence-electron chi connectivity index (χ2n) is 4.66. The molecule has 3 nitrogen and oxygen atoms in total. The Balaban J connectivity index is 1.96. The fraction of sp³-hybridized carbons (Fsp3) is 0.727. The molecular weight excluding hydrogens is 231 g/mol. The van der Waals surface area contributed by atoms with Crippen molar-refractivity contribution in [3.05, 3.63) is 18.0 Å². The minimum atomic E-state index is -4.32. The molecule has 0 amide bonds. The maximum atomic E-state index is 12.4. The quantitative estimate of drug-likeness (QED) is 0.891. The topological polar surface area (TPSA) is 43.8 Å². The largest absolute Gasteiger partial charge is 0.419 e. The molecule has 1 aliphatic rings. The average Bonchev–Trinajstić information content (AvgIpc) is 2.85. The number of nitrogens with two attached hydrogens (primary N) is 1. The maximum absolute atomic E-state index is 12.4. The van der Waals surface area contributed by atoms with Gasteiger partial charge in [0.05, 0.1) is 18.3 Å². The van der Waals surface area contributed by atoms with Crippen LogP contribution in [0.1, 0.15) is 31.2 Å². The van der Waals surface area contributed by atoms with Crippen molar-refractivity contribution < 1.29 is 13.2 Å². The number of nitrogens with zero attached hydrogens (tertiary/aromatic N) is 2. The van der Waals surface area contributed by atoms with E-state index < -0.39 is 11.7 Å². The van der Waals surface area contributed by atoms with Crippen LogP contribution in [0.25, 0.3) is 0 Å². The fourth-order valence-electron chi connectivity index (χ4n) is 2.36. The van der Waals surface area contributed by atoms with Gasteiger partial charge in [0.25, 0.3) is 0 Å². The molecule has 0 spiro atoms. The molecule has 2 N–H and O–H groups in total. The molecule has 1 atom stereocenters. The minimum Gasteiger partial charge on any atom is -0.326 e. The number of hydrogen-bond donors (Lipinski definition) is 1. The van der Waals surface area contributed by atoms with E-state index in [2.05, 4.69) is 5.10 Å². The summed E-state index contributed by atoms with van der Waals surface area (Å²) < 4.78 is 38.4. The lowest BCUT2D eigenvalue weighted by Crippen LogP contribution is -2.33. The van der Waals surface area contributed by atoms with Crippen LogP contribution in [0.15, 0.2) is 12.4 Å². The van der Waals surface area contributed by atoms with Crippen LogP contribution in [-0.4, -0.2) is 15.8 Å². The third-order valence-electron chi connectivity index (χ3n) is 3.36. The van der Waals surface area contributed by atoms with Crippen molar-refractivity contribution in [2.75, 3.05) is 0 Å². The summed E-state index contributed by atoms with van der Waals surface area (Å²) in [6, 6.07) is -0.0986. The van der Waals surface area contributed by atoms with Crippen LogP contribution in [-0.2, 0) is 12.7 Å². The van der Waals surface area contributed by atoms with Gasteiger partial charge in [0.2, 0.25) is 0 Å². The molecule has 1 heterocycles. The van der Waals surface area contributed by atoms with Crippen LogP contribution in [0, 0.1) is 5.92 Å². The Kier molecular flexibility index (Phi) is 3.42. The summed E-state index contributed by atoms with van der Waals surface area (Å²) in [5, 5.41) is 3.71. The second kappa shape index (κ2) is 4.68. The van der Waals surface area contributed by atoms with Gasteiger partial charge in [-0.2, -0.15) is 18.3 Å². The molecule has 0 saturated heterocycles. The first-order chi connectivity index (χ1) is 7.97. The van der Waals surface area contributed by atoms with E-state index in [9.17, 15) is 13.2 Å². The lowest BCUT2D eigenvalue weighted by atomic mass is 9.99. The number of alkyl halides is 3. The number of hydrogen-bond acceptors (Lipinski definition) is 2.